The minimum Gasteiger partial charge on any atom is -0.458 e. The summed E-state index contributed by atoms with van der Waals surface area (Å²) in [5.41, 5.74) is 0.384. The van der Waals surface area contributed by atoms with Crippen LogP contribution in [0.15, 0.2) is 121 Å². The molecule has 2 N–H and O–H groups in total. The normalized spacial score (nSPS) is 19.5. The summed E-state index contributed by atoms with van der Waals surface area (Å²) in [6.45, 7) is -0.682. The zero-order valence-electron chi connectivity index (χ0n) is 25.0. The summed E-state index contributed by atoms with van der Waals surface area (Å²) in [5.74, 6) is -3.62. The van der Waals surface area contributed by atoms with Crippen molar-refractivity contribution in [1.29, 1.82) is 0 Å². The Morgan fingerprint density at radius 3 is 1.44 bits per heavy atom. The lowest BCUT2D eigenvalue weighted by Gasteiger charge is -2.28. The van der Waals surface area contributed by atoms with Crippen molar-refractivity contribution >= 4 is 31.7 Å². The lowest BCUT2D eigenvalue weighted by molar-refractivity contribution is -0.147. The van der Waals surface area contributed by atoms with E-state index in [0.717, 1.165) is 0 Å². The van der Waals surface area contributed by atoms with Gasteiger partial charge in [-0.25, -0.2) is 23.7 Å². The first-order chi connectivity index (χ1) is 23.1. The molecule has 0 unspecified atom stereocenters. The van der Waals surface area contributed by atoms with Gasteiger partial charge < -0.3 is 33.5 Å². The zero-order chi connectivity index (χ0) is 34.1. The Hall–Kier alpha value is -5.17. The number of benzene rings is 4. The lowest BCUT2D eigenvalue weighted by atomic mass is 10.0. The molecule has 14 heteroatoms. The van der Waals surface area contributed by atoms with Crippen LogP contribution in [0, 0.1) is 0 Å². The maximum absolute atomic E-state index is 13.4. The third-order valence-corrected chi connectivity index (χ3v) is 7.46. The van der Waals surface area contributed by atoms with Crippen LogP contribution in [0.2, 0.25) is 0 Å². The van der Waals surface area contributed by atoms with Crippen LogP contribution >= 0.6 is 7.82 Å². The van der Waals surface area contributed by atoms with Gasteiger partial charge >= 0.3 is 31.7 Å². The number of carbonyl (C=O) groups excluding carboxylic acids is 4. The third-order valence-electron chi connectivity index (χ3n) is 6.98. The van der Waals surface area contributed by atoms with Gasteiger partial charge in [-0.05, 0) is 48.5 Å². The molecule has 1 aliphatic rings. The molecule has 248 valence electrons. The van der Waals surface area contributed by atoms with E-state index in [1.54, 1.807) is 72.8 Å². The topological polar surface area (TPSA) is 181 Å². The quantitative estimate of drug-likeness (QED) is 0.123. The van der Waals surface area contributed by atoms with Gasteiger partial charge in [-0.1, -0.05) is 72.8 Å². The van der Waals surface area contributed by atoms with E-state index in [-0.39, 0.29) is 22.3 Å². The van der Waals surface area contributed by atoms with E-state index in [9.17, 15) is 33.5 Å². The van der Waals surface area contributed by atoms with Crippen molar-refractivity contribution in [2.24, 2.45) is 0 Å². The van der Waals surface area contributed by atoms with Crippen molar-refractivity contribution in [3.05, 3.63) is 144 Å². The number of rotatable bonds is 12. The summed E-state index contributed by atoms with van der Waals surface area (Å²) in [5, 5.41) is 0. The zero-order valence-corrected chi connectivity index (χ0v) is 25.9. The Morgan fingerprint density at radius 1 is 0.604 bits per heavy atom. The van der Waals surface area contributed by atoms with Crippen LogP contribution in [0.3, 0.4) is 0 Å². The smallest absolute Gasteiger partial charge is 0.458 e. The van der Waals surface area contributed by atoms with Crippen molar-refractivity contribution in [1.82, 2.24) is 0 Å². The Balaban J connectivity index is 1.53. The van der Waals surface area contributed by atoms with Crippen LogP contribution in [0.1, 0.15) is 41.4 Å². The van der Waals surface area contributed by atoms with Gasteiger partial charge in [0, 0.05) is 0 Å². The second kappa shape index (κ2) is 15.6. The molecule has 1 aliphatic heterocycles. The van der Waals surface area contributed by atoms with E-state index in [1.807, 2.05) is 0 Å². The second-order valence-electron chi connectivity index (χ2n) is 10.3. The molecule has 1 saturated heterocycles. The maximum atomic E-state index is 13.4. The molecule has 0 aliphatic carbocycles. The molecule has 0 amide bonds. The Labute approximate surface area is 274 Å². The van der Waals surface area contributed by atoms with Crippen LogP contribution in [0.25, 0.3) is 0 Å². The average molecular weight is 677 g/mol. The summed E-state index contributed by atoms with van der Waals surface area (Å²) in [4.78, 5) is 72.2. The maximum Gasteiger partial charge on any atom is 0.472 e. The van der Waals surface area contributed by atoms with Gasteiger partial charge in [0.25, 0.3) is 0 Å². The molecule has 48 heavy (non-hydrogen) atoms. The van der Waals surface area contributed by atoms with Gasteiger partial charge in [-0.2, -0.15) is 0 Å². The van der Waals surface area contributed by atoms with Crippen molar-refractivity contribution in [2.75, 3.05) is 6.61 Å². The molecular weight excluding hydrogens is 647 g/mol. The molecule has 5 rings (SSSR count). The van der Waals surface area contributed by atoms with Gasteiger partial charge in [0.2, 0.25) is 6.29 Å². The van der Waals surface area contributed by atoms with Gasteiger partial charge in [-0.15, -0.1) is 0 Å². The molecule has 1 fully saturated rings. The average Bonchev–Trinajstić information content (AvgIpc) is 3.41. The second-order valence-corrected chi connectivity index (χ2v) is 11.5. The Morgan fingerprint density at radius 2 is 1.00 bits per heavy atom. The highest BCUT2D eigenvalue weighted by atomic mass is 31.2. The Kier molecular flexibility index (Phi) is 11.1. The van der Waals surface area contributed by atoms with E-state index in [4.69, 9.17) is 28.2 Å². The molecular formula is C34H29O13P. The van der Waals surface area contributed by atoms with Crippen LogP contribution in [-0.4, -0.2) is 71.0 Å². The third kappa shape index (κ3) is 9.00. The summed E-state index contributed by atoms with van der Waals surface area (Å²) in [6, 6.07) is 30.9. The molecule has 0 saturated carbocycles. The molecule has 0 spiro atoms. The number of hydrogen-bond donors (Lipinski definition) is 2. The van der Waals surface area contributed by atoms with Crippen LogP contribution in [0.5, 0.6) is 0 Å². The van der Waals surface area contributed by atoms with Gasteiger partial charge in [-0.3, -0.25) is 4.52 Å². The summed E-state index contributed by atoms with van der Waals surface area (Å²) < 4.78 is 45.3. The first-order valence-electron chi connectivity index (χ1n) is 14.5. The number of esters is 4. The summed E-state index contributed by atoms with van der Waals surface area (Å²) in [7, 11) is -5.34. The highest BCUT2D eigenvalue weighted by Gasteiger charge is 2.56. The van der Waals surface area contributed by atoms with Crippen LogP contribution in [0.4, 0.5) is 0 Å². The lowest BCUT2D eigenvalue weighted by Crippen LogP contribution is -2.47. The van der Waals surface area contributed by atoms with E-state index in [2.05, 4.69) is 0 Å². The van der Waals surface area contributed by atoms with Gasteiger partial charge in [0.15, 0.2) is 18.3 Å². The monoisotopic (exact) mass is 676 g/mol. The van der Waals surface area contributed by atoms with Crippen molar-refractivity contribution in [3.63, 3.8) is 0 Å². The van der Waals surface area contributed by atoms with E-state index in [1.165, 1.54) is 48.5 Å². The minimum absolute atomic E-state index is 0.0489. The fourth-order valence-corrected chi connectivity index (χ4v) is 5.19. The van der Waals surface area contributed by atoms with Crippen molar-refractivity contribution in [3.8, 4) is 0 Å². The molecule has 5 atom stereocenters. The van der Waals surface area contributed by atoms with Gasteiger partial charge in [0.05, 0.1) is 22.3 Å². The SMILES string of the molecule is O=C(OC[C@@H](OC(=O)c1ccccc1)[C@@H]1O[C@@H](OP(=O)(O)O)[C@H](OC(=O)c2ccccc2)[C@H]1OC(=O)c1ccccc1)c1ccccc1. The highest BCUT2D eigenvalue weighted by molar-refractivity contribution is 7.46. The highest BCUT2D eigenvalue weighted by Crippen LogP contribution is 2.43. The number of phosphoric acid groups is 1. The molecule has 13 nitrogen and oxygen atoms in total. The molecule has 0 radical (unpaired) electrons. The first kappa shape index (κ1) is 34.2. The Bertz CT molecular complexity index is 1750. The number of phosphoric ester groups is 1. The van der Waals surface area contributed by atoms with E-state index >= 15 is 0 Å². The number of ether oxygens (including phenoxy) is 5. The van der Waals surface area contributed by atoms with Crippen LogP contribution < -0.4 is 0 Å². The minimum atomic E-state index is -5.34. The van der Waals surface area contributed by atoms with Crippen LogP contribution in [-0.2, 0) is 32.8 Å². The molecule has 0 aromatic heterocycles. The number of hydrogen-bond acceptors (Lipinski definition) is 11. The predicted molar refractivity (Wildman–Crippen MR) is 165 cm³/mol. The standard InChI is InChI=1S/C34H29O13P/c35-30(22-13-5-1-6-14-22)42-21-26(43-31(36)23-15-7-2-8-16-23)27-28(44-32(37)24-17-9-3-10-18-24)29(34(46-27)47-48(39,40)41)45-33(38)25-19-11-4-12-20-25/h1-20,26-29,34H,21H2,(H2,39,40,41)/t26-,27+,28+,29-,34+/m1/s1. The van der Waals surface area contributed by atoms with E-state index < -0.39 is 69.0 Å². The summed E-state index contributed by atoms with van der Waals surface area (Å²) >= 11 is 0. The number of carbonyl (C=O) groups is 4. The summed E-state index contributed by atoms with van der Waals surface area (Å²) in [6.07, 6.45) is -8.82. The van der Waals surface area contributed by atoms with E-state index in [0.29, 0.717) is 0 Å². The largest absolute Gasteiger partial charge is 0.472 e. The molecule has 0 bridgehead atoms. The first-order valence-corrected chi connectivity index (χ1v) is 16.0. The van der Waals surface area contributed by atoms with Crippen molar-refractivity contribution in [2.45, 2.75) is 30.7 Å². The fraction of sp³-hybridized carbons (Fsp3) is 0.176. The molecule has 1 heterocycles. The molecule has 4 aromatic carbocycles. The van der Waals surface area contributed by atoms with Gasteiger partial charge in [0.1, 0.15) is 12.7 Å². The predicted octanol–water partition coefficient (Wildman–Crippen LogP) is 4.35. The molecule has 4 aromatic rings. The van der Waals surface area contributed by atoms with Crippen molar-refractivity contribution < 1.29 is 61.7 Å². The fourth-order valence-electron chi connectivity index (χ4n) is 4.75.